The van der Waals surface area contributed by atoms with Crippen LogP contribution in [0, 0.1) is 0 Å². The maximum atomic E-state index is 2.31. The van der Waals surface area contributed by atoms with E-state index in [0.29, 0.717) is 0 Å². The lowest BCUT2D eigenvalue weighted by molar-refractivity contribution is 1.15. The monoisotopic (exact) mass is 538 g/mol. The Labute approximate surface area is 248 Å². The molecule has 0 fully saturated rings. The van der Waals surface area contributed by atoms with Crippen molar-refractivity contribution in [1.82, 2.24) is 0 Å². The van der Waals surface area contributed by atoms with E-state index in [2.05, 4.69) is 159 Å². The van der Waals surface area contributed by atoms with Gasteiger partial charge in [0.15, 0.2) is 0 Å². The first-order valence-electron chi connectivity index (χ1n) is 15.0. The van der Waals surface area contributed by atoms with Crippen LogP contribution in [0.4, 0.5) is 0 Å². The van der Waals surface area contributed by atoms with Crippen molar-refractivity contribution in [2.24, 2.45) is 0 Å². The highest BCUT2D eigenvalue weighted by Gasteiger charge is 2.02. The van der Waals surface area contributed by atoms with E-state index in [1.807, 2.05) is 0 Å². The van der Waals surface area contributed by atoms with Gasteiger partial charge in [-0.1, -0.05) is 123 Å². The Morgan fingerprint density at radius 3 is 0.952 bits per heavy atom. The van der Waals surface area contributed by atoms with Gasteiger partial charge in [0.2, 0.25) is 0 Å². The van der Waals surface area contributed by atoms with E-state index < -0.39 is 0 Å². The molecular formula is C42H34. The first kappa shape index (κ1) is 26.0. The molecule has 7 aromatic carbocycles. The van der Waals surface area contributed by atoms with Crippen molar-refractivity contribution in [2.75, 3.05) is 0 Å². The summed E-state index contributed by atoms with van der Waals surface area (Å²) in [5.41, 5.74) is 7.64. The van der Waals surface area contributed by atoms with Crippen molar-refractivity contribution in [2.45, 2.75) is 26.7 Å². The molecule has 0 heterocycles. The highest BCUT2D eigenvalue weighted by molar-refractivity contribution is 6.00. The summed E-state index contributed by atoms with van der Waals surface area (Å²) in [6.45, 7) is 4.41. The predicted molar refractivity (Wildman–Crippen MR) is 186 cm³/mol. The van der Waals surface area contributed by atoms with Crippen LogP contribution in [0.5, 0.6) is 0 Å². The molecule has 0 aliphatic carbocycles. The third kappa shape index (κ3) is 5.37. The van der Waals surface area contributed by atoms with Crippen molar-refractivity contribution in [1.29, 1.82) is 0 Å². The van der Waals surface area contributed by atoms with E-state index >= 15 is 0 Å². The summed E-state index contributed by atoms with van der Waals surface area (Å²) in [4.78, 5) is 0. The molecule has 7 aromatic rings. The summed E-state index contributed by atoms with van der Waals surface area (Å²) in [5.74, 6) is 0. The van der Waals surface area contributed by atoms with Crippen molar-refractivity contribution in [3.05, 3.63) is 155 Å². The van der Waals surface area contributed by atoms with Gasteiger partial charge in [0.25, 0.3) is 0 Å². The van der Waals surface area contributed by atoms with Crippen LogP contribution in [0.3, 0.4) is 0 Å². The average Bonchev–Trinajstić information content (AvgIpc) is 3.04. The van der Waals surface area contributed by atoms with Crippen LogP contribution in [0.15, 0.2) is 121 Å². The molecule has 0 aliphatic heterocycles. The lowest BCUT2D eigenvalue weighted by Crippen LogP contribution is -1.82. The maximum absolute atomic E-state index is 2.31. The Bertz CT molecular complexity index is 2000. The van der Waals surface area contributed by atoms with Crippen LogP contribution in [-0.4, -0.2) is 0 Å². The van der Waals surface area contributed by atoms with Crippen molar-refractivity contribution in [3.63, 3.8) is 0 Å². The molecule has 0 amide bonds. The zero-order valence-corrected chi connectivity index (χ0v) is 24.3. The van der Waals surface area contributed by atoms with Gasteiger partial charge in [-0.25, -0.2) is 0 Å². The minimum atomic E-state index is 1.07. The minimum absolute atomic E-state index is 1.07. The molecule has 0 spiro atoms. The molecule has 0 nitrogen and oxygen atoms in total. The number of hydrogen-bond donors (Lipinski definition) is 0. The van der Waals surface area contributed by atoms with Crippen LogP contribution in [0.25, 0.3) is 67.4 Å². The summed E-state index contributed by atoms with van der Waals surface area (Å²) >= 11 is 0. The molecule has 0 atom stereocenters. The molecule has 7 rings (SSSR count). The molecule has 0 bridgehead atoms. The number of aryl methyl sites for hydroxylation is 2. The summed E-state index contributed by atoms with van der Waals surface area (Å²) < 4.78 is 0. The second-order valence-electron chi connectivity index (χ2n) is 11.3. The molecule has 0 radical (unpaired) electrons. The van der Waals surface area contributed by atoms with Gasteiger partial charge in [0.05, 0.1) is 0 Å². The van der Waals surface area contributed by atoms with E-state index in [9.17, 15) is 0 Å². The minimum Gasteiger partial charge on any atom is -0.0613 e. The van der Waals surface area contributed by atoms with Crippen LogP contribution in [0.1, 0.15) is 47.2 Å². The first-order valence-corrected chi connectivity index (χ1v) is 15.0. The Morgan fingerprint density at radius 1 is 0.310 bits per heavy atom. The lowest BCUT2D eigenvalue weighted by Gasteiger charge is -2.06. The fraction of sp³-hybridized carbons (Fsp3) is 0.0952. The maximum Gasteiger partial charge on any atom is -0.0172 e. The molecular weight excluding hydrogens is 504 g/mol. The molecule has 0 aromatic heterocycles. The number of hydrogen-bond acceptors (Lipinski definition) is 0. The predicted octanol–water partition coefficient (Wildman–Crippen LogP) is 11.8. The highest BCUT2D eigenvalue weighted by Crippen LogP contribution is 2.27. The molecule has 42 heavy (non-hydrogen) atoms. The Kier molecular flexibility index (Phi) is 6.90. The largest absolute Gasteiger partial charge is 0.0613 e. The zero-order chi connectivity index (χ0) is 28.5. The van der Waals surface area contributed by atoms with Gasteiger partial charge in [-0.2, -0.15) is 0 Å². The van der Waals surface area contributed by atoms with E-state index in [4.69, 9.17) is 0 Å². The van der Waals surface area contributed by atoms with Gasteiger partial charge in [-0.15, -0.1) is 0 Å². The summed E-state index contributed by atoms with van der Waals surface area (Å²) in [6, 6.07) is 45.0. The van der Waals surface area contributed by atoms with Crippen LogP contribution >= 0.6 is 0 Å². The second kappa shape index (κ2) is 11.1. The molecule has 0 saturated carbocycles. The lowest BCUT2D eigenvalue weighted by atomic mass is 9.99. The van der Waals surface area contributed by atoms with Crippen molar-refractivity contribution >= 4 is 67.4 Å². The summed E-state index contributed by atoms with van der Waals surface area (Å²) in [5, 5.41) is 10.2. The van der Waals surface area contributed by atoms with Crippen LogP contribution < -0.4 is 0 Å². The normalized spacial score (nSPS) is 12.0. The first-order chi connectivity index (χ1) is 20.6. The van der Waals surface area contributed by atoms with Gasteiger partial charge < -0.3 is 0 Å². The molecule has 0 N–H and O–H groups in total. The number of rotatable bonds is 6. The molecule has 0 saturated heterocycles. The van der Waals surface area contributed by atoms with E-state index in [1.54, 1.807) is 0 Å². The Balaban J connectivity index is 1.12. The highest BCUT2D eigenvalue weighted by atomic mass is 14.1. The zero-order valence-electron chi connectivity index (χ0n) is 24.3. The van der Waals surface area contributed by atoms with Gasteiger partial charge in [0.1, 0.15) is 0 Å². The molecule has 202 valence electrons. The topological polar surface area (TPSA) is 0 Å². The van der Waals surface area contributed by atoms with Crippen molar-refractivity contribution in [3.8, 4) is 0 Å². The summed E-state index contributed by atoms with van der Waals surface area (Å²) in [7, 11) is 0. The molecule has 0 aliphatic rings. The van der Waals surface area contributed by atoms with Gasteiger partial charge in [-0.05, 0) is 126 Å². The van der Waals surface area contributed by atoms with Gasteiger partial charge in [0, 0.05) is 0 Å². The van der Waals surface area contributed by atoms with Crippen LogP contribution in [0.2, 0.25) is 0 Å². The smallest absolute Gasteiger partial charge is 0.0172 e. The van der Waals surface area contributed by atoms with E-state index in [1.165, 1.54) is 76.5 Å². The fourth-order valence-corrected chi connectivity index (χ4v) is 5.90. The quantitative estimate of drug-likeness (QED) is 0.146. The Hall–Kier alpha value is -4.94. The fourth-order valence-electron chi connectivity index (χ4n) is 5.90. The number of benzene rings is 7. The van der Waals surface area contributed by atoms with Gasteiger partial charge >= 0.3 is 0 Å². The van der Waals surface area contributed by atoms with Crippen LogP contribution in [-0.2, 0) is 12.8 Å². The molecule has 0 heteroatoms. The third-order valence-electron chi connectivity index (χ3n) is 8.45. The average molecular weight is 539 g/mol. The standard InChI is InChI=1S/C42H34/c1-3-29-9-15-37-23-31(11-17-35(37)21-29)5-7-33-13-19-39-28-42-26-34(14-20-40(42)27-41(39)25-33)8-6-32-12-18-36-22-30(4-2)10-16-38(36)24-32/h5-28H,3-4H2,1-2H3/b7-5+,8-6+. The van der Waals surface area contributed by atoms with Crippen molar-refractivity contribution < 1.29 is 0 Å². The third-order valence-corrected chi connectivity index (χ3v) is 8.45. The summed E-state index contributed by atoms with van der Waals surface area (Å²) in [6.07, 6.45) is 11.0. The van der Waals surface area contributed by atoms with E-state index in [0.717, 1.165) is 12.8 Å². The SMILES string of the molecule is CCc1ccc2cc(/C=C/c3ccc4cc5cc(/C=C/c6ccc7cc(CC)ccc7c6)ccc5cc4c3)ccc2c1. The second-order valence-corrected chi connectivity index (χ2v) is 11.3. The van der Waals surface area contributed by atoms with Gasteiger partial charge in [-0.3, -0.25) is 0 Å². The Morgan fingerprint density at radius 2 is 0.595 bits per heavy atom. The molecule has 0 unspecified atom stereocenters. The van der Waals surface area contributed by atoms with E-state index in [-0.39, 0.29) is 0 Å². The number of fused-ring (bicyclic) bond motifs is 4.